The molecule has 0 spiro atoms. The van der Waals surface area contributed by atoms with Crippen molar-refractivity contribution in [1.82, 2.24) is 9.80 Å². The van der Waals surface area contributed by atoms with Gasteiger partial charge in [-0.2, -0.15) is 0 Å². The van der Waals surface area contributed by atoms with Crippen LogP contribution in [0.3, 0.4) is 0 Å². The topological polar surface area (TPSA) is 186 Å². The molecule has 17 heteroatoms. The van der Waals surface area contributed by atoms with Gasteiger partial charge in [0.05, 0.1) is 10.0 Å². The lowest BCUT2D eigenvalue weighted by Gasteiger charge is -2.44. The van der Waals surface area contributed by atoms with Crippen molar-refractivity contribution in [3.05, 3.63) is 66.5 Å². The summed E-state index contributed by atoms with van der Waals surface area (Å²) in [5.74, 6) is -1.47. The third-order valence-corrected chi connectivity index (χ3v) is 8.88. The molecular formula is C26H32Br2Cl4N8O3. The molecular weight excluding hydrogens is 774 g/mol. The van der Waals surface area contributed by atoms with Crippen molar-refractivity contribution in [2.24, 2.45) is 38.3 Å². The van der Waals surface area contributed by atoms with Crippen LogP contribution in [0.1, 0.15) is 24.0 Å². The molecule has 2 aromatic carbocycles. The molecule has 236 valence electrons. The molecule has 1 aliphatic rings. The predicted molar refractivity (Wildman–Crippen MR) is 182 cm³/mol. The van der Waals surface area contributed by atoms with Gasteiger partial charge in [-0.05, 0) is 92.9 Å². The number of nitrogens with zero attached hydrogens (tertiary/aromatic N) is 4. The number of hydrogen-bond acceptors (Lipinski definition) is 5. The summed E-state index contributed by atoms with van der Waals surface area (Å²) in [7, 11) is 0. The Kier molecular flexibility index (Phi) is 15.6. The number of carbonyl (C=O) groups excluding carboxylic acids is 3. The lowest BCUT2D eigenvalue weighted by atomic mass is 9.72. The average molecular weight is 806 g/mol. The van der Waals surface area contributed by atoms with Gasteiger partial charge in [0.25, 0.3) is 0 Å². The molecule has 1 heterocycles. The number of carbonyl (C=O) groups is 3. The van der Waals surface area contributed by atoms with E-state index in [4.69, 9.17) is 46.1 Å². The monoisotopic (exact) mass is 802 g/mol. The lowest BCUT2D eigenvalue weighted by Crippen LogP contribution is -2.66. The molecule has 1 saturated heterocycles. The maximum Gasteiger partial charge on any atom is 0.333 e. The first-order valence-corrected chi connectivity index (χ1v) is 14.9. The van der Waals surface area contributed by atoms with E-state index in [0.29, 0.717) is 30.1 Å². The Balaban J connectivity index is 0.00000462. The number of imide groups is 2. The molecule has 11 nitrogen and oxygen atoms in total. The van der Waals surface area contributed by atoms with E-state index in [-0.39, 0.29) is 88.6 Å². The van der Waals surface area contributed by atoms with Crippen LogP contribution in [-0.2, 0) is 22.4 Å². The van der Waals surface area contributed by atoms with E-state index < -0.39 is 23.3 Å². The van der Waals surface area contributed by atoms with Crippen LogP contribution < -0.4 is 22.9 Å². The number of benzene rings is 2. The molecule has 3 rings (SSSR count). The van der Waals surface area contributed by atoms with Crippen molar-refractivity contribution >= 4 is 110 Å². The maximum absolute atomic E-state index is 14.3. The van der Waals surface area contributed by atoms with Crippen LogP contribution in [0.15, 0.2) is 55.3 Å². The highest BCUT2D eigenvalue weighted by atomic mass is 79.9. The highest BCUT2D eigenvalue weighted by Crippen LogP contribution is 2.39. The average Bonchev–Trinajstić information content (AvgIpc) is 2.90. The zero-order valence-electron chi connectivity index (χ0n) is 22.8. The second kappa shape index (κ2) is 17.3. The third-order valence-electron chi connectivity index (χ3n) is 6.42. The standard InChI is InChI=1S/C26H30Br2Cl2N8O3.2ClH/c27-17-5-3-15(11-19(17)29)13-26(14-16-4-6-18(28)20(30)12-16)21(39)37(9-1-7-35-23(31)32)25(41)38(22(26)40)10-2-8-36-24(33)34;;/h3-6,11-12H,1-2,7-10,13-14H2,(H4,31,32,35)(H4,33,34,36);2*1H. The summed E-state index contributed by atoms with van der Waals surface area (Å²) in [6.45, 7) is 0.372. The molecule has 0 unspecified atom stereocenters. The first kappa shape index (κ1) is 38.7. The SMILES string of the molecule is Cl.Cl.NC(N)=NCCCN1C(=O)N(CCCN=C(N)N)C(=O)C(Cc2ccc(Br)c(Cl)c2)(Cc2ccc(Br)c(Cl)c2)C1=O. The summed E-state index contributed by atoms with van der Waals surface area (Å²) in [6.07, 6.45) is 0.534. The van der Waals surface area contributed by atoms with E-state index in [9.17, 15) is 14.4 Å². The summed E-state index contributed by atoms with van der Waals surface area (Å²) in [5, 5.41) is 0.832. The lowest BCUT2D eigenvalue weighted by molar-refractivity contribution is -0.159. The fourth-order valence-corrected chi connectivity index (χ4v) is 5.46. The van der Waals surface area contributed by atoms with Gasteiger partial charge in [-0.3, -0.25) is 29.4 Å². The minimum absolute atomic E-state index is 0. The smallest absolute Gasteiger partial charge is 0.333 e. The van der Waals surface area contributed by atoms with Crippen molar-refractivity contribution in [1.29, 1.82) is 0 Å². The minimum Gasteiger partial charge on any atom is -0.370 e. The molecule has 4 amide bonds. The summed E-state index contributed by atoms with van der Waals surface area (Å²) in [5.41, 5.74) is 21.3. The van der Waals surface area contributed by atoms with Crippen molar-refractivity contribution in [2.45, 2.75) is 25.7 Å². The van der Waals surface area contributed by atoms with E-state index in [2.05, 4.69) is 41.8 Å². The Morgan fingerprint density at radius 2 is 1.09 bits per heavy atom. The summed E-state index contributed by atoms with van der Waals surface area (Å²) in [6, 6.07) is 9.67. The van der Waals surface area contributed by atoms with Gasteiger partial charge in [0.2, 0.25) is 11.8 Å². The molecule has 43 heavy (non-hydrogen) atoms. The van der Waals surface area contributed by atoms with Crippen molar-refractivity contribution in [3.8, 4) is 0 Å². The van der Waals surface area contributed by atoms with E-state index >= 15 is 0 Å². The first-order valence-electron chi connectivity index (χ1n) is 12.5. The molecule has 1 aliphatic heterocycles. The Hall–Kier alpha value is -2.29. The second-order valence-electron chi connectivity index (χ2n) is 9.45. The minimum atomic E-state index is -1.69. The van der Waals surface area contributed by atoms with Gasteiger partial charge >= 0.3 is 6.03 Å². The largest absolute Gasteiger partial charge is 0.370 e. The molecule has 0 radical (unpaired) electrons. The number of amides is 4. The van der Waals surface area contributed by atoms with Crippen LogP contribution in [0.4, 0.5) is 4.79 Å². The van der Waals surface area contributed by atoms with E-state index in [0.717, 1.165) is 9.80 Å². The number of halogens is 6. The second-order valence-corrected chi connectivity index (χ2v) is 12.0. The third kappa shape index (κ3) is 9.85. The fourth-order valence-electron chi connectivity index (χ4n) is 4.56. The molecule has 0 atom stereocenters. The number of barbiturate groups is 1. The Morgan fingerprint density at radius 1 is 0.721 bits per heavy atom. The predicted octanol–water partition coefficient (Wildman–Crippen LogP) is 4.25. The zero-order valence-corrected chi connectivity index (χ0v) is 29.1. The number of rotatable bonds is 12. The van der Waals surface area contributed by atoms with Crippen LogP contribution in [0.5, 0.6) is 0 Å². The van der Waals surface area contributed by atoms with Crippen LogP contribution in [0.2, 0.25) is 10.0 Å². The van der Waals surface area contributed by atoms with E-state index in [1.807, 2.05) is 0 Å². The molecule has 0 aliphatic carbocycles. The highest BCUT2D eigenvalue weighted by molar-refractivity contribution is 9.10. The van der Waals surface area contributed by atoms with Gasteiger partial charge in [0.15, 0.2) is 11.9 Å². The molecule has 0 aromatic heterocycles. The van der Waals surface area contributed by atoms with Crippen LogP contribution in [0.25, 0.3) is 0 Å². The van der Waals surface area contributed by atoms with Crippen LogP contribution in [0, 0.1) is 5.41 Å². The Morgan fingerprint density at radius 3 is 1.42 bits per heavy atom. The van der Waals surface area contributed by atoms with Crippen molar-refractivity contribution in [2.75, 3.05) is 26.2 Å². The highest BCUT2D eigenvalue weighted by Gasteiger charge is 2.56. The van der Waals surface area contributed by atoms with E-state index in [1.54, 1.807) is 36.4 Å². The normalized spacial score (nSPS) is 14.1. The number of guanidine groups is 2. The van der Waals surface area contributed by atoms with E-state index in [1.165, 1.54) is 0 Å². The van der Waals surface area contributed by atoms with Gasteiger partial charge in [-0.15, -0.1) is 24.8 Å². The number of hydrogen-bond donors (Lipinski definition) is 4. The van der Waals surface area contributed by atoms with Crippen LogP contribution >= 0.6 is 79.9 Å². The van der Waals surface area contributed by atoms with Gasteiger partial charge in [0.1, 0.15) is 5.41 Å². The number of urea groups is 1. The zero-order chi connectivity index (χ0) is 30.3. The van der Waals surface area contributed by atoms with Gasteiger partial charge < -0.3 is 22.9 Å². The first-order chi connectivity index (χ1) is 19.4. The molecule has 2 aromatic rings. The summed E-state index contributed by atoms with van der Waals surface area (Å²) >= 11 is 19.5. The van der Waals surface area contributed by atoms with Crippen molar-refractivity contribution < 1.29 is 14.4 Å². The van der Waals surface area contributed by atoms with Crippen LogP contribution in [-0.4, -0.2) is 65.7 Å². The summed E-state index contributed by atoms with van der Waals surface area (Å²) < 4.78 is 1.33. The molecule has 0 saturated carbocycles. The number of nitrogens with two attached hydrogens (primary N) is 4. The molecule has 1 fully saturated rings. The Labute approximate surface area is 288 Å². The Bertz CT molecular complexity index is 1290. The number of aliphatic imine (C=N–C) groups is 2. The maximum atomic E-state index is 14.3. The van der Waals surface area contributed by atoms with Gasteiger partial charge in [-0.1, -0.05) is 35.3 Å². The molecule has 0 bridgehead atoms. The summed E-state index contributed by atoms with van der Waals surface area (Å²) in [4.78, 5) is 52.3. The molecule has 8 N–H and O–H groups in total. The quantitative estimate of drug-likeness (QED) is 0.107. The van der Waals surface area contributed by atoms with Crippen molar-refractivity contribution in [3.63, 3.8) is 0 Å². The fraction of sp³-hybridized carbons (Fsp3) is 0.346. The van der Waals surface area contributed by atoms with Gasteiger partial charge in [0, 0.05) is 35.1 Å². The van der Waals surface area contributed by atoms with Gasteiger partial charge in [-0.25, -0.2) is 4.79 Å².